The van der Waals surface area contributed by atoms with Crippen molar-refractivity contribution in [1.82, 2.24) is 15.1 Å². The summed E-state index contributed by atoms with van der Waals surface area (Å²) in [5, 5.41) is 2.71. The predicted octanol–water partition coefficient (Wildman–Crippen LogP) is 1.22. The number of ether oxygens (including phenoxy) is 1. The van der Waals surface area contributed by atoms with E-state index in [9.17, 15) is 19.2 Å². The van der Waals surface area contributed by atoms with Crippen LogP contribution in [0.1, 0.15) is 37.8 Å². The molecule has 0 unspecified atom stereocenters. The molecular weight excluding hydrogens is 362 g/mol. The number of amides is 4. The lowest BCUT2D eigenvalue weighted by molar-refractivity contribution is -0.154. The summed E-state index contributed by atoms with van der Waals surface area (Å²) in [6, 6.07) is 6.21. The topological polar surface area (TPSA) is 96.0 Å². The summed E-state index contributed by atoms with van der Waals surface area (Å²) in [4.78, 5) is 52.7. The quantitative estimate of drug-likeness (QED) is 0.605. The lowest BCUT2D eigenvalue weighted by Gasteiger charge is -2.35. The Morgan fingerprint density at radius 1 is 1.18 bits per heavy atom. The number of benzene rings is 1. The monoisotopic (exact) mass is 387 g/mol. The van der Waals surface area contributed by atoms with Gasteiger partial charge in [-0.25, -0.2) is 9.59 Å². The highest BCUT2D eigenvalue weighted by atomic mass is 16.5. The molecule has 1 aromatic carbocycles. The molecule has 8 heteroatoms. The highest BCUT2D eigenvalue weighted by Gasteiger charge is 2.50. The largest absolute Gasteiger partial charge is 0.467 e. The average molecular weight is 387 g/mol. The van der Waals surface area contributed by atoms with Crippen LogP contribution >= 0.6 is 0 Å². The molecule has 2 aliphatic heterocycles. The minimum atomic E-state index is -0.965. The summed E-state index contributed by atoms with van der Waals surface area (Å²) in [6.45, 7) is 3.47. The summed E-state index contributed by atoms with van der Waals surface area (Å²) in [6.07, 6.45) is 1.23. The number of nitrogens with one attached hydrogen (secondary N) is 1. The zero-order chi connectivity index (χ0) is 20.5. The van der Waals surface area contributed by atoms with Gasteiger partial charge < -0.3 is 15.0 Å². The van der Waals surface area contributed by atoms with Gasteiger partial charge in [0.2, 0.25) is 5.91 Å². The molecule has 0 aliphatic carbocycles. The van der Waals surface area contributed by atoms with Crippen LogP contribution in [0.5, 0.6) is 0 Å². The number of imide groups is 1. The van der Waals surface area contributed by atoms with Gasteiger partial charge in [-0.15, -0.1) is 0 Å². The van der Waals surface area contributed by atoms with E-state index in [0.717, 1.165) is 16.0 Å². The molecule has 0 bridgehead atoms. The van der Waals surface area contributed by atoms with Gasteiger partial charge in [-0.05, 0) is 24.0 Å². The van der Waals surface area contributed by atoms with E-state index >= 15 is 0 Å². The number of carbonyl (C=O) groups is 4. The van der Waals surface area contributed by atoms with E-state index in [1.807, 2.05) is 38.1 Å². The Kier molecular flexibility index (Phi) is 5.40. The first-order valence-electron chi connectivity index (χ1n) is 9.45. The number of esters is 1. The van der Waals surface area contributed by atoms with E-state index in [1.54, 1.807) is 0 Å². The molecule has 1 N–H and O–H groups in total. The fraction of sp³-hybridized carbons (Fsp3) is 0.500. The Labute approximate surface area is 163 Å². The van der Waals surface area contributed by atoms with Crippen LogP contribution in [-0.2, 0) is 32.1 Å². The standard InChI is InChI=1S/C20H25N3O5/c1-4-20(5-2)18(26)23(19(27)21-20)12-16(24)22-11-14-9-7-6-8-13(14)10-15(22)17(25)28-3/h6-9,15H,4-5,10-12H2,1-3H3,(H,21,27)/t15-/m1/s1. The number of rotatable bonds is 5. The number of methoxy groups -OCH3 is 1. The van der Waals surface area contributed by atoms with Gasteiger partial charge in [-0.1, -0.05) is 38.1 Å². The second kappa shape index (κ2) is 7.61. The third kappa shape index (κ3) is 3.23. The number of urea groups is 1. The van der Waals surface area contributed by atoms with Crippen molar-refractivity contribution in [3.63, 3.8) is 0 Å². The minimum absolute atomic E-state index is 0.227. The second-order valence-corrected chi connectivity index (χ2v) is 7.14. The van der Waals surface area contributed by atoms with E-state index in [-0.39, 0.29) is 6.54 Å². The molecule has 2 aliphatic rings. The number of fused-ring (bicyclic) bond motifs is 1. The number of hydrogen-bond acceptors (Lipinski definition) is 5. The molecule has 0 spiro atoms. The molecule has 1 fully saturated rings. The third-order valence-electron chi connectivity index (χ3n) is 5.79. The van der Waals surface area contributed by atoms with E-state index in [4.69, 9.17) is 4.74 Å². The highest BCUT2D eigenvalue weighted by Crippen LogP contribution is 2.27. The van der Waals surface area contributed by atoms with Gasteiger partial charge in [0.05, 0.1) is 7.11 Å². The molecule has 1 aromatic rings. The maximum absolute atomic E-state index is 13.0. The summed E-state index contributed by atoms with van der Waals surface area (Å²) in [5.74, 6) is -1.38. The molecule has 4 amide bonds. The lowest BCUT2D eigenvalue weighted by Crippen LogP contribution is -2.53. The minimum Gasteiger partial charge on any atom is -0.467 e. The molecule has 0 aromatic heterocycles. The van der Waals surface area contributed by atoms with Crippen molar-refractivity contribution in [3.8, 4) is 0 Å². The number of carbonyl (C=O) groups excluding carboxylic acids is 4. The molecule has 1 atom stereocenters. The van der Waals surface area contributed by atoms with Crippen LogP contribution in [0, 0.1) is 0 Å². The average Bonchev–Trinajstić information content (AvgIpc) is 2.96. The van der Waals surface area contributed by atoms with Crippen LogP contribution in [0.2, 0.25) is 0 Å². The van der Waals surface area contributed by atoms with Crippen molar-refractivity contribution in [2.24, 2.45) is 0 Å². The van der Waals surface area contributed by atoms with Gasteiger partial charge in [0.1, 0.15) is 18.1 Å². The first-order valence-corrected chi connectivity index (χ1v) is 9.45. The SMILES string of the molecule is CCC1(CC)NC(=O)N(CC(=O)N2Cc3ccccc3C[C@@H]2C(=O)OC)C1=O. The van der Waals surface area contributed by atoms with E-state index in [1.165, 1.54) is 12.0 Å². The Bertz CT molecular complexity index is 818. The van der Waals surface area contributed by atoms with Crippen molar-refractivity contribution >= 4 is 23.8 Å². The van der Waals surface area contributed by atoms with E-state index < -0.39 is 41.9 Å². The molecule has 150 valence electrons. The van der Waals surface area contributed by atoms with Gasteiger partial charge in [0.25, 0.3) is 5.91 Å². The summed E-state index contributed by atoms with van der Waals surface area (Å²) < 4.78 is 4.87. The molecule has 8 nitrogen and oxygen atoms in total. The van der Waals surface area contributed by atoms with Gasteiger partial charge >= 0.3 is 12.0 Å². The van der Waals surface area contributed by atoms with Crippen molar-refractivity contribution in [2.45, 2.75) is 51.2 Å². The second-order valence-electron chi connectivity index (χ2n) is 7.14. The highest BCUT2D eigenvalue weighted by molar-refractivity contribution is 6.09. The number of hydrogen-bond donors (Lipinski definition) is 1. The van der Waals surface area contributed by atoms with Crippen LogP contribution in [0.4, 0.5) is 4.79 Å². The molecule has 28 heavy (non-hydrogen) atoms. The third-order valence-corrected chi connectivity index (χ3v) is 5.79. The zero-order valence-electron chi connectivity index (χ0n) is 16.4. The summed E-state index contributed by atoms with van der Waals surface area (Å²) >= 11 is 0. The van der Waals surface area contributed by atoms with Crippen molar-refractivity contribution < 1.29 is 23.9 Å². The van der Waals surface area contributed by atoms with Gasteiger partial charge in [0.15, 0.2) is 0 Å². The summed E-state index contributed by atoms with van der Waals surface area (Å²) in [5.41, 5.74) is 0.950. The lowest BCUT2D eigenvalue weighted by atomic mass is 9.93. The molecule has 0 radical (unpaired) electrons. The molecule has 3 rings (SSSR count). The van der Waals surface area contributed by atoms with Crippen LogP contribution in [0.15, 0.2) is 24.3 Å². The van der Waals surface area contributed by atoms with Gasteiger partial charge in [-0.2, -0.15) is 0 Å². The first-order chi connectivity index (χ1) is 13.4. The Morgan fingerprint density at radius 2 is 1.82 bits per heavy atom. The van der Waals surface area contributed by atoms with Crippen molar-refractivity contribution in [3.05, 3.63) is 35.4 Å². The van der Waals surface area contributed by atoms with E-state index in [2.05, 4.69) is 5.32 Å². The van der Waals surface area contributed by atoms with Crippen LogP contribution in [0.3, 0.4) is 0 Å². The Hall–Kier alpha value is -2.90. The fourth-order valence-corrected chi connectivity index (χ4v) is 3.91. The molecular formula is C20H25N3O5. The molecule has 1 saturated heterocycles. The maximum Gasteiger partial charge on any atom is 0.328 e. The Morgan fingerprint density at radius 3 is 2.39 bits per heavy atom. The van der Waals surface area contributed by atoms with Gasteiger partial charge in [-0.3, -0.25) is 14.5 Å². The summed E-state index contributed by atoms with van der Waals surface area (Å²) in [7, 11) is 1.28. The van der Waals surface area contributed by atoms with Crippen molar-refractivity contribution in [1.29, 1.82) is 0 Å². The molecule has 2 heterocycles. The normalized spacial score (nSPS) is 20.6. The molecule has 0 saturated carbocycles. The number of nitrogens with zero attached hydrogens (tertiary/aromatic N) is 2. The fourth-order valence-electron chi connectivity index (χ4n) is 3.91. The predicted molar refractivity (Wildman–Crippen MR) is 100 cm³/mol. The Balaban J connectivity index is 1.83. The van der Waals surface area contributed by atoms with Gasteiger partial charge in [0, 0.05) is 13.0 Å². The van der Waals surface area contributed by atoms with Crippen LogP contribution in [-0.4, -0.2) is 58.8 Å². The maximum atomic E-state index is 13.0. The van der Waals surface area contributed by atoms with Crippen molar-refractivity contribution in [2.75, 3.05) is 13.7 Å². The van der Waals surface area contributed by atoms with Crippen LogP contribution < -0.4 is 5.32 Å². The van der Waals surface area contributed by atoms with Crippen LogP contribution in [0.25, 0.3) is 0 Å². The first kappa shape index (κ1) is 19.9. The van der Waals surface area contributed by atoms with E-state index in [0.29, 0.717) is 19.3 Å². The smallest absolute Gasteiger partial charge is 0.328 e. The zero-order valence-corrected chi connectivity index (χ0v) is 16.4.